The van der Waals surface area contributed by atoms with E-state index in [4.69, 9.17) is 11.3 Å². The number of hydrogen-bond acceptors (Lipinski definition) is 7. The summed E-state index contributed by atoms with van der Waals surface area (Å²) >= 11 is 1.38. The highest BCUT2D eigenvalue weighted by molar-refractivity contribution is 7.07. The lowest BCUT2D eigenvalue weighted by Gasteiger charge is -2.05. The van der Waals surface area contributed by atoms with Gasteiger partial charge in [-0.1, -0.05) is 0 Å². The fourth-order valence-electron chi connectivity index (χ4n) is 1.10. The van der Waals surface area contributed by atoms with Crippen molar-refractivity contribution < 1.29 is 19.1 Å². The second-order valence-electron chi connectivity index (χ2n) is 3.90. The molecule has 0 fully saturated rings. The van der Waals surface area contributed by atoms with Gasteiger partial charge in [0.1, 0.15) is 0 Å². The third-order valence-electron chi connectivity index (χ3n) is 1.90. The predicted octanol–water partition coefficient (Wildman–Crippen LogP) is 2.19. The summed E-state index contributed by atoms with van der Waals surface area (Å²) in [4.78, 5) is 30.3. The van der Waals surface area contributed by atoms with Crippen LogP contribution in [0.15, 0.2) is 22.8 Å². The summed E-state index contributed by atoms with van der Waals surface area (Å²) < 4.78 is 9.34. The predicted molar refractivity (Wildman–Crippen MR) is 83.1 cm³/mol. The van der Waals surface area contributed by atoms with Crippen LogP contribution in [0.25, 0.3) is 4.85 Å². The molecule has 0 aliphatic carbocycles. The Balaban J connectivity index is 0.000000406. The molecule has 1 aromatic heterocycles. The summed E-state index contributed by atoms with van der Waals surface area (Å²) in [5, 5.41) is 1.66. The summed E-state index contributed by atoms with van der Waals surface area (Å²) in [6.45, 7) is 10.9. The Kier molecular flexibility index (Phi) is 10.0. The van der Waals surface area contributed by atoms with Crippen molar-refractivity contribution in [3.63, 3.8) is 0 Å². The molecule has 0 saturated heterocycles. The molecule has 7 nitrogen and oxygen atoms in total. The zero-order valence-corrected chi connectivity index (χ0v) is 13.8. The van der Waals surface area contributed by atoms with Gasteiger partial charge in [0.15, 0.2) is 5.69 Å². The maximum Gasteiger partial charge on any atom is 0.357 e. The molecule has 0 spiro atoms. The third kappa shape index (κ3) is 8.01. The largest absolute Gasteiger partial charge is 0.471 e. The number of carbonyl (C=O) groups excluding carboxylic acids is 2. The van der Waals surface area contributed by atoms with Crippen LogP contribution in [0.3, 0.4) is 0 Å². The molecule has 0 unspecified atom stereocenters. The van der Waals surface area contributed by atoms with E-state index in [2.05, 4.69) is 14.6 Å². The Hall–Kier alpha value is -2.40. The minimum atomic E-state index is -0.568. The van der Waals surface area contributed by atoms with E-state index < -0.39 is 5.97 Å². The van der Waals surface area contributed by atoms with E-state index in [0.29, 0.717) is 18.9 Å². The molecule has 0 aliphatic rings. The maximum atomic E-state index is 11.0. The van der Waals surface area contributed by atoms with Crippen molar-refractivity contribution in [2.24, 2.45) is 0 Å². The minimum Gasteiger partial charge on any atom is -0.471 e. The van der Waals surface area contributed by atoms with Crippen LogP contribution in [0, 0.1) is 6.57 Å². The number of hydrogen-bond donors (Lipinski definition) is 0. The minimum absolute atomic E-state index is 0.00171. The highest BCUT2D eigenvalue weighted by Crippen LogP contribution is 2.02. The number of aromatic nitrogens is 1. The smallest absolute Gasteiger partial charge is 0.357 e. The summed E-state index contributed by atoms with van der Waals surface area (Å²) in [7, 11) is 3.48. The molecule has 0 radical (unpaired) electrons. The van der Waals surface area contributed by atoms with E-state index in [0.717, 1.165) is 0 Å². The van der Waals surface area contributed by atoms with E-state index in [1.54, 1.807) is 43.7 Å². The number of nitrogens with zero attached hydrogens (tertiary/aromatic N) is 3. The second kappa shape index (κ2) is 11.3. The van der Waals surface area contributed by atoms with Crippen LogP contribution in [0.1, 0.15) is 24.3 Å². The van der Waals surface area contributed by atoms with Crippen LogP contribution in [0.5, 0.6) is 0 Å². The average Bonchev–Trinajstić information content (AvgIpc) is 3.00. The molecule has 0 amide bonds. The zero-order chi connectivity index (χ0) is 17.0. The molecule has 0 aromatic carbocycles. The number of thiazole rings is 1. The van der Waals surface area contributed by atoms with Gasteiger partial charge in [0.05, 0.1) is 25.3 Å². The van der Waals surface area contributed by atoms with E-state index in [-0.39, 0.29) is 11.7 Å². The SMILES string of the molecule is CCOC(=O)c1cscn1.[C-]#[N+]C(=CN(C)C)C(=O)OCC. The van der Waals surface area contributed by atoms with Crippen LogP contribution in [0.4, 0.5) is 0 Å². The number of esters is 2. The molecule has 0 aliphatic heterocycles. The topological polar surface area (TPSA) is 73.1 Å². The molecule has 0 N–H and O–H groups in total. The van der Waals surface area contributed by atoms with Crippen LogP contribution in [-0.2, 0) is 14.3 Å². The van der Waals surface area contributed by atoms with Gasteiger partial charge in [0.2, 0.25) is 0 Å². The van der Waals surface area contributed by atoms with Crippen molar-refractivity contribution in [1.82, 2.24) is 9.88 Å². The monoisotopic (exact) mass is 325 g/mol. The summed E-state index contributed by atoms with van der Waals surface area (Å²) in [5.41, 5.74) is 2.00. The number of rotatable bonds is 5. The first-order valence-electron chi connectivity index (χ1n) is 6.44. The molecule has 0 bridgehead atoms. The quantitative estimate of drug-likeness (QED) is 0.469. The first-order valence-corrected chi connectivity index (χ1v) is 7.38. The molecule has 1 heterocycles. The van der Waals surface area contributed by atoms with Crippen molar-refractivity contribution >= 4 is 23.3 Å². The normalized spacial score (nSPS) is 9.86. The van der Waals surface area contributed by atoms with Gasteiger partial charge in [-0.05, 0) is 13.8 Å². The fourth-order valence-corrected chi connectivity index (χ4v) is 1.62. The Morgan fingerprint density at radius 3 is 2.41 bits per heavy atom. The van der Waals surface area contributed by atoms with Gasteiger partial charge in [-0.15, -0.1) is 11.3 Å². The highest BCUT2D eigenvalue weighted by atomic mass is 32.1. The van der Waals surface area contributed by atoms with Gasteiger partial charge in [0, 0.05) is 25.7 Å². The van der Waals surface area contributed by atoms with E-state index in [1.807, 2.05) is 0 Å². The van der Waals surface area contributed by atoms with E-state index >= 15 is 0 Å². The fraction of sp³-hybridized carbons (Fsp3) is 0.429. The molecule has 120 valence electrons. The summed E-state index contributed by atoms with van der Waals surface area (Å²) in [5.74, 6) is -0.912. The molecule has 22 heavy (non-hydrogen) atoms. The number of carbonyl (C=O) groups is 2. The first kappa shape index (κ1) is 19.6. The zero-order valence-electron chi connectivity index (χ0n) is 13.0. The first-order chi connectivity index (χ1) is 10.5. The van der Waals surface area contributed by atoms with Gasteiger partial charge in [-0.3, -0.25) is 4.79 Å². The Bertz CT molecular complexity index is 533. The van der Waals surface area contributed by atoms with Crippen LogP contribution >= 0.6 is 11.3 Å². The van der Waals surface area contributed by atoms with Gasteiger partial charge >= 0.3 is 11.9 Å². The van der Waals surface area contributed by atoms with Gasteiger partial charge in [-0.2, -0.15) is 0 Å². The van der Waals surface area contributed by atoms with Crippen molar-refractivity contribution in [3.8, 4) is 0 Å². The molecular formula is C14H19N3O4S. The molecule has 0 saturated carbocycles. The van der Waals surface area contributed by atoms with Crippen molar-refractivity contribution in [1.29, 1.82) is 0 Å². The molecule has 1 aromatic rings. The standard InChI is InChI=1S/C8H12N2O2.C6H7NO2S/c1-5-12-8(11)7(9-2)6-10(3)4;1-2-9-6(8)5-3-10-4-7-5/h6H,5H2,1,3-4H3;3-4H,2H2,1H3. The average molecular weight is 325 g/mol. The van der Waals surface area contributed by atoms with E-state index in [9.17, 15) is 9.59 Å². The molecule has 1 rings (SSSR count). The van der Waals surface area contributed by atoms with Gasteiger partial charge in [-0.25, -0.2) is 14.6 Å². The Labute approximate surface area is 134 Å². The number of ether oxygens (including phenoxy) is 2. The summed E-state index contributed by atoms with van der Waals surface area (Å²) in [6.07, 6.45) is 1.44. The molecule has 8 heteroatoms. The highest BCUT2D eigenvalue weighted by Gasteiger charge is 2.10. The third-order valence-corrected chi connectivity index (χ3v) is 2.49. The van der Waals surface area contributed by atoms with E-state index in [1.165, 1.54) is 17.5 Å². The lowest BCUT2D eigenvalue weighted by Crippen LogP contribution is -2.10. The van der Waals surface area contributed by atoms with Crippen LogP contribution in [0.2, 0.25) is 0 Å². The van der Waals surface area contributed by atoms with Gasteiger partial charge < -0.3 is 14.4 Å². The summed E-state index contributed by atoms with van der Waals surface area (Å²) in [6, 6.07) is 0. The van der Waals surface area contributed by atoms with Crippen molar-refractivity contribution in [2.45, 2.75) is 13.8 Å². The second-order valence-corrected chi connectivity index (χ2v) is 4.62. The lowest BCUT2D eigenvalue weighted by atomic mass is 10.5. The van der Waals surface area contributed by atoms with Crippen molar-refractivity contribution in [2.75, 3.05) is 27.3 Å². The van der Waals surface area contributed by atoms with Crippen LogP contribution < -0.4 is 0 Å². The van der Waals surface area contributed by atoms with Crippen molar-refractivity contribution in [3.05, 3.63) is 39.9 Å². The lowest BCUT2D eigenvalue weighted by molar-refractivity contribution is -0.138. The van der Waals surface area contributed by atoms with Gasteiger partial charge in [0.25, 0.3) is 5.70 Å². The maximum absolute atomic E-state index is 11.0. The Morgan fingerprint density at radius 2 is 2.00 bits per heavy atom. The molecule has 0 atom stereocenters. The van der Waals surface area contributed by atoms with Crippen LogP contribution in [-0.4, -0.2) is 49.1 Å². The Morgan fingerprint density at radius 1 is 1.36 bits per heavy atom. The molecular weight excluding hydrogens is 306 g/mol.